The van der Waals surface area contributed by atoms with Gasteiger partial charge in [-0.1, -0.05) is 30.0 Å². The molecule has 0 saturated heterocycles. The van der Waals surface area contributed by atoms with Gasteiger partial charge in [-0.25, -0.2) is 9.97 Å². The molecule has 1 aromatic carbocycles. The first-order chi connectivity index (χ1) is 13.6. The number of esters is 1. The molecular weight excluding hydrogens is 396 g/mol. The van der Waals surface area contributed by atoms with Crippen molar-refractivity contribution in [2.45, 2.75) is 25.0 Å². The summed E-state index contributed by atoms with van der Waals surface area (Å²) < 4.78 is 6.93. The molecule has 0 saturated carbocycles. The summed E-state index contributed by atoms with van der Waals surface area (Å²) in [7, 11) is 0. The minimum Gasteiger partial charge on any atom is -0.466 e. The van der Waals surface area contributed by atoms with E-state index >= 15 is 0 Å². The van der Waals surface area contributed by atoms with Crippen LogP contribution in [0.25, 0.3) is 11.0 Å². The third kappa shape index (κ3) is 4.99. The van der Waals surface area contributed by atoms with Gasteiger partial charge in [0, 0.05) is 11.9 Å². The average molecular weight is 417 g/mol. The van der Waals surface area contributed by atoms with Gasteiger partial charge in [-0.15, -0.1) is 17.9 Å². The molecule has 7 nitrogen and oxygen atoms in total. The quantitative estimate of drug-likeness (QED) is 0.326. The van der Waals surface area contributed by atoms with Crippen LogP contribution in [0.3, 0.4) is 0 Å². The lowest BCUT2D eigenvalue weighted by Crippen LogP contribution is -2.15. The number of amides is 1. The molecule has 0 bridgehead atoms. The van der Waals surface area contributed by atoms with Crippen LogP contribution in [-0.2, 0) is 27.3 Å². The van der Waals surface area contributed by atoms with Gasteiger partial charge in [-0.2, -0.15) is 0 Å². The Labute approximate surface area is 170 Å². The predicted octanol–water partition coefficient (Wildman–Crippen LogP) is 3.52. The molecule has 2 aromatic heterocycles. The zero-order valence-electron chi connectivity index (χ0n) is 15.4. The molecule has 0 fully saturated rings. The molecule has 2 heterocycles. The molecule has 0 spiro atoms. The normalized spacial score (nSPS) is 10.8. The van der Waals surface area contributed by atoms with Crippen LogP contribution in [0.5, 0.6) is 0 Å². The van der Waals surface area contributed by atoms with Gasteiger partial charge in [0.1, 0.15) is 0 Å². The number of benzene rings is 1. The van der Waals surface area contributed by atoms with E-state index in [1.165, 1.54) is 23.1 Å². The molecule has 0 atom stereocenters. The Hall–Kier alpha value is -2.65. The second-order valence-electron chi connectivity index (χ2n) is 5.75. The molecule has 1 N–H and O–H groups in total. The topological polar surface area (TPSA) is 86.1 Å². The van der Waals surface area contributed by atoms with Crippen molar-refractivity contribution < 1.29 is 14.3 Å². The highest BCUT2D eigenvalue weighted by atomic mass is 32.2. The van der Waals surface area contributed by atoms with Gasteiger partial charge in [0.15, 0.2) is 10.3 Å². The highest BCUT2D eigenvalue weighted by Gasteiger charge is 2.14. The number of thiazole rings is 1. The van der Waals surface area contributed by atoms with Crippen molar-refractivity contribution in [3.63, 3.8) is 0 Å². The molecule has 28 heavy (non-hydrogen) atoms. The van der Waals surface area contributed by atoms with Crippen LogP contribution in [0.1, 0.15) is 12.6 Å². The van der Waals surface area contributed by atoms with Crippen molar-refractivity contribution >= 4 is 51.1 Å². The van der Waals surface area contributed by atoms with Crippen LogP contribution >= 0.6 is 23.1 Å². The molecular formula is C19H20N4O3S2. The first-order valence-corrected chi connectivity index (χ1v) is 10.6. The molecule has 0 aliphatic rings. The number of imidazole rings is 1. The Kier molecular flexibility index (Phi) is 6.83. The van der Waals surface area contributed by atoms with Gasteiger partial charge in [0.05, 0.1) is 35.5 Å². The van der Waals surface area contributed by atoms with Gasteiger partial charge < -0.3 is 14.6 Å². The van der Waals surface area contributed by atoms with Gasteiger partial charge in [-0.3, -0.25) is 9.59 Å². The zero-order valence-corrected chi connectivity index (χ0v) is 17.0. The van der Waals surface area contributed by atoms with E-state index in [0.717, 1.165) is 16.2 Å². The maximum absolute atomic E-state index is 12.3. The van der Waals surface area contributed by atoms with Crippen LogP contribution in [0, 0.1) is 0 Å². The summed E-state index contributed by atoms with van der Waals surface area (Å²) in [6, 6.07) is 7.84. The first kappa shape index (κ1) is 20.1. The number of ether oxygens (including phenoxy) is 1. The van der Waals surface area contributed by atoms with Gasteiger partial charge >= 0.3 is 5.97 Å². The van der Waals surface area contributed by atoms with E-state index in [2.05, 4.69) is 21.9 Å². The Bertz CT molecular complexity index is 996. The number of anilines is 1. The fraction of sp³-hybridized carbons (Fsp3) is 0.263. The summed E-state index contributed by atoms with van der Waals surface area (Å²) in [5.41, 5.74) is 2.48. The number of nitrogens with one attached hydrogen (secondary N) is 1. The average Bonchev–Trinajstić information content (AvgIpc) is 3.25. The summed E-state index contributed by atoms with van der Waals surface area (Å²) in [5, 5.41) is 5.73. The van der Waals surface area contributed by atoms with E-state index in [4.69, 9.17) is 4.74 Å². The number of aromatic nitrogens is 3. The maximum Gasteiger partial charge on any atom is 0.311 e. The standard InChI is InChI=1S/C19H20N4O3S2/c1-3-9-23-15-8-6-5-7-14(15)21-19(23)28-12-16(24)22-18-20-13(11-27-18)10-17(25)26-4-2/h3,5-8,11H,1,4,9-10,12H2,2H3,(H,20,22,24). The number of fused-ring (bicyclic) bond motifs is 1. The fourth-order valence-electron chi connectivity index (χ4n) is 2.56. The number of carbonyl (C=O) groups is 2. The summed E-state index contributed by atoms with van der Waals surface area (Å²) in [6.45, 7) is 6.50. The van der Waals surface area contributed by atoms with Crippen molar-refractivity contribution in [3.05, 3.63) is 48.0 Å². The smallest absolute Gasteiger partial charge is 0.311 e. The second-order valence-corrected chi connectivity index (χ2v) is 7.55. The van der Waals surface area contributed by atoms with Crippen LogP contribution < -0.4 is 5.32 Å². The number of hydrogen-bond acceptors (Lipinski definition) is 7. The summed E-state index contributed by atoms with van der Waals surface area (Å²) in [5.74, 6) is -0.311. The van der Waals surface area contributed by atoms with Crippen molar-refractivity contribution in [2.24, 2.45) is 0 Å². The van der Waals surface area contributed by atoms with Gasteiger partial charge in [0.2, 0.25) is 5.91 Å². The molecule has 3 rings (SSSR count). The van der Waals surface area contributed by atoms with E-state index in [1.807, 2.05) is 28.8 Å². The molecule has 0 unspecified atom stereocenters. The number of hydrogen-bond donors (Lipinski definition) is 1. The number of nitrogens with zero attached hydrogens (tertiary/aromatic N) is 3. The van der Waals surface area contributed by atoms with E-state index < -0.39 is 0 Å². The first-order valence-electron chi connectivity index (χ1n) is 8.69. The summed E-state index contributed by atoms with van der Waals surface area (Å²) >= 11 is 2.64. The largest absolute Gasteiger partial charge is 0.466 e. The molecule has 0 radical (unpaired) electrons. The SMILES string of the molecule is C=CCn1c(SCC(=O)Nc2nc(CC(=O)OCC)cs2)nc2ccccc21. The number of rotatable bonds is 9. The highest BCUT2D eigenvalue weighted by Crippen LogP contribution is 2.24. The van der Waals surface area contributed by atoms with Gasteiger partial charge in [-0.05, 0) is 19.1 Å². The fourth-order valence-corrected chi connectivity index (χ4v) is 4.11. The Morgan fingerprint density at radius 2 is 2.18 bits per heavy atom. The monoisotopic (exact) mass is 416 g/mol. The van der Waals surface area contributed by atoms with Crippen LogP contribution in [0.2, 0.25) is 0 Å². The molecule has 3 aromatic rings. The van der Waals surface area contributed by atoms with Crippen molar-refractivity contribution in [3.8, 4) is 0 Å². The van der Waals surface area contributed by atoms with Crippen LogP contribution in [0.15, 0.2) is 47.5 Å². The molecule has 0 aliphatic carbocycles. The van der Waals surface area contributed by atoms with Crippen LogP contribution in [0.4, 0.5) is 5.13 Å². The van der Waals surface area contributed by atoms with E-state index in [-0.39, 0.29) is 24.1 Å². The second kappa shape index (κ2) is 9.52. The highest BCUT2D eigenvalue weighted by molar-refractivity contribution is 7.99. The minimum absolute atomic E-state index is 0.0978. The summed E-state index contributed by atoms with van der Waals surface area (Å²) in [4.78, 5) is 32.6. The third-order valence-corrected chi connectivity index (χ3v) is 5.48. The lowest BCUT2D eigenvalue weighted by Gasteiger charge is -2.06. The molecule has 146 valence electrons. The van der Waals surface area contributed by atoms with Crippen LogP contribution in [-0.4, -0.2) is 38.8 Å². The molecule has 9 heteroatoms. The predicted molar refractivity (Wildman–Crippen MR) is 112 cm³/mol. The maximum atomic E-state index is 12.3. The van der Waals surface area contributed by atoms with Crippen molar-refractivity contribution in [1.82, 2.24) is 14.5 Å². The summed E-state index contributed by atoms with van der Waals surface area (Å²) in [6.07, 6.45) is 1.90. The van der Waals surface area contributed by atoms with Crippen molar-refractivity contribution in [1.29, 1.82) is 0 Å². The number of thioether (sulfide) groups is 1. The zero-order chi connectivity index (χ0) is 19.9. The lowest BCUT2D eigenvalue weighted by molar-refractivity contribution is -0.142. The number of allylic oxidation sites excluding steroid dienone is 1. The minimum atomic E-state index is -0.331. The van der Waals surface area contributed by atoms with Gasteiger partial charge in [0.25, 0.3) is 0 Å². The van der Waals surface area contributed by atoms with Crippen molar-refractivity contribution in [2.75, 3.05) is 17.7 Å². The van der Waals surface area contributed by atoms with E-state index in [0.29, 0.717) is 24.0 Å². The number of carbonyl (C=O) groups excluding carboxylic acids is 2. The van der Waals surface area contributed by atoms with E-state index in [9.17, 15) is 9.59 Å². The Morgan fingerprint density at radius 1 is 1.36 bits per heavy atom. The Morgan fingerprint density at radius 3 is 2.96 bits per heavy atom. The Balaban J connectivity index is 1.60. The lowest BCUT2D eigenvalue weighted by atomic mass is 10.3. The molecule has 1 amide bonds. The molecule has 0 aliphatic heterocycles. The third-order valence-electron chi connectivity index (χ3n) is 3.69. The van der Waals surface area contributed by atoms with E-state index in [1.54, 1.807) is 18.4 Å². The number of para-hydroxylation sites is 2.